The first-order chi connectivity index (χ1) is 22.5. The van der Waals surface area contributed by atoms with E-state index >= 15 is 8.78 Å². The van der Waals surface area contributed by atoms with E-state index in [9.17, 15) is 42.3 Å². The zero-order chi connectivity index (χ0) is 35.2. The first kappa shape index (κ1) is 33.7. The molecule has 17 heteroatoms. The Labute approximate surface area is 277 Å². The second kappa shape index (κ2) is 11.4. The average molecular weight is 717 g/mol. The molecule has 2 saturated heterocycles. The third-order valence-electron chi connectivity index (χ3n) is 9.65. The van der Waals surface area contributed by atoms with E-state index in [1.54, 1.807) is 0 Å². The number of aliphatic carboxylic acids is 1. The number of aromatic hydroxyl groups is 1. The van der Waals surface area contributed by atoms with Crippen LogP contribution < -0.4 is 9.64 Å². The quantitative estimate of drug-likeness (QED) is 0.106. The number of carboxylic acids is 1. The lowest BCUT2D eigenvalue weighted by Crippen LogP contribution is -2.60. The van der Waals surface area contributed by atoms with Gasteiger partial charge >= 0.3 is 5.97 Å². The van der Waals surface area contributed by atoms with Crippen molar-refractivity contribution >= 4 is 58.5 Å². The van der Waals surface area contributed by atoms with Crippen molar-refractivity contribution in [3.63, 3.8) is 0 Å². The number of likely N-dealkylation sites (tertiary alicyclic amines) is 1. The molecule has 10 nitrogen and oxygen atoms in total. The summed E-state index contributed by atoms with van der Waals surface area (Å²) < 4.78 is 78.1. The van der Waals surface area contributed by atoms with Gasteiger partial charge in [0, 0.05) is 24.4 Å². The van der Waals surface area contributed by atoms with Crippen LogP contribution in [-0.2, 0) is 24.0 Å². The van der Waals surface area contributed by atoms with Crippen LogP contribution in [0.5, 0.6) is 11.5 Å². The maximum atomic E-state index is 15.1. The summed E-state index contributed by atoms with van der Waals surface area (Å²) in [5.74, 6) is -24.2. The number of hydrogen-bond acceptors (Lipinski definition) is 7. The Morgan fingerprint density at radius 1 is 0.958 bits per heavy atom. The number of imide groups is 2. The summed E-state index contributed by atoms with van der Waals surface area (Å²) in [6.45, 7) is -0.240. The number of benzene rings is 2. The number of rotatable bonds is 7. The summed E-state index contributed by atoms with van der Waals surface area (Å²) in [5, 5.41) is 20.3. The molecule has 2 heterocycles. The molecule has 254 valence electrons. The SMILES string of the molecule is COc1cccc(C2C3=CCC4C(=O)N(CCCC(=O)O)C(=O)C4C3CC3(Cl)C(=O)N(c4c(F)c(F)c(F)c(F)c4F)C(=O)C23Cl)c1O. The molecule has 0 aromatic heterocycles. The molecule has 6 unspecified atom stereocenters. The van der Waals surface area contributed by atoms with Crippen LogP contribution in [-0.4, -0.2) is 68.1 Å². The Kier molecular flexibility index (Phi) is 8.02. The van der Waals surface area contributed by atoms with Crippen molar-refractivity contribution in [2.45, 2.75) is 41.3 Å². The van der Waals surface area contributed by atoms with Crippen LogP contribution in [0.2, 0.25) is 0 Å². The second-order valence-corrected chi connectivity index (χ2v) is 13.2. The third-order valence-corrected chi connectivity index (χ3v) is 11.1. The fourth-order valence-corrected chi connectivity index (χ4v) is 8.45. The number of halogens is 7. The second-order valence-electron chi connectivity index (χ2n) is 11.9. The van der Waals surface area contributed by atoms with Gasteiger partial charge in [0.15, 0.2) is 44.5 Å². The number of carboxylic acid groups (broad SMARTS) is 1. The highest BCUT2D eigenvalue weighted by molar-refractivity contribution is 6.58. The maximum absolute atomic E-state index is 15.1. The van der Waals surface area contributed by atoms with Crippen LogP contribution in [0, 0.1) is 46.8 Å². The number of hydrogen-bond donors (Lipinski definition) is 2. The summed E-state index contributed by atoms with van der Waals surface area (Å²) >= 11 is 14.1. The lowest BCUT2D eigenvalue weighted by atomic mass is 9.56. The Morgan fingerprint density at radius 2 is 1.58 bits per heavy atom. The molecule has 2 aromatic rings. The van der Waals surface area contributed by atoms with Crippen molar-refractivity contribution in [2.75, 3.05) is 18.6 Å². The van der Waals surface area contributed by atoms with Gasteiger partial charge in [-0.25, -0.2) is 26.9 Å². The predicted molar refractivity (Wildman–Crippen MR) is 155 cm³/mol. The van der Waals surface area contributed by atoms with Crippen LogP contribution in [0.3, 0.4) is 0 Å². The van der Waals surface area contributed by atoms with Gasteiger partial charge < -0.3 is 14.9 Å². The molecule has 2 N–H and O–H groups in total. The summed E-state index contributed by atoms with van der Waals surface area (Å²) in [6.07, 6.45) is 0.237. The number of alkyl halides is 2. The molecular weight excluding hydrogens is 694 g/mol. The summed E-state index contributed by atoms with van der Waals surface area (Å²) in [7, 11) is 1.20. The van der Waals surface area contributed by atoms with Crippen LogP contribution >= 0.6 is 23.2 Å². The lowest BCUT2D eigenvalue weighted by Gasteiger charge is -2.50. The summed E-state index contributed by atoms with van der Waals surface area (Å²) in [5.41, 5.74) is -1.98. The molecule has 1 saturated carbocycles. The van der Waals surface area contributed by atoms with Gasteiger partial charge in [-0.05, 0) is 31.2 Å². The van der Waals surface area contributed by atoms with E-state index in [4.69, 9.17) is 33.0 Å². The Morgan fingerprint density at radius 3 is 2.19 bits per heavy atom. The number of anilines is 1. The largest absolute Gasteiger partial charge is 0.504 e. The van der Waals surface area contributed by atoms with E-state index in [-0.39, 0.29) is 47.6 Å². The van der Waals surface area contributed by atoms with Crippen molar-refractivity contribution in [1.82, 2.24) is 4.90 Å². The van der Waals surface area contributed by atoms with Gasteiger partial charge in [0.25, 0.3) is 11.8 Å². The molecule has 2 aromatic carbocycles. The van der Waals surface area contributed by atoms with Crippen molar-refractivity contribution in [3.05, 3.63) is 64.5 Å². The number of amides is 4. The number of carbonyl (C=O) groups is 5. The van der Waals surface area contributed by atoms with E-state index < -0.39 is 110 Å². The molecule has 6 rings (SSSR count). The normalized spacial score (nSPS) is 29.5. The zero-order valence-electron chi connectivity index (χ0n) is 24.5. The Hall–Kier alpha value is -4.24. The van der Waals surface area contributed by atoms with Crippen LogP contribution in [0.15, 0.2) is 29.8 Å². The topological polar surface area (TPSA) is 142 Å². The molecule has 48 heavy (non-hydrogen) atoms. The van der Waals surface area contributed by atoms with Crippen LogP contribution in [0.25, 0.3) is 0 Å². The Balaban J connectivity index is 1.55. The molecule has 0 bridgehead atoms. The van der Waals surface area contributed by atoms with E-state index in [0.717, 1.165) is 4.90 Å². The molecule has 4 amide bonds. The summed E-state index contributed by atoms with van der Waals surface area (Å²) in [4.78, 5) is 61.7. The van der Waals surface area contributed by atoms with Crippen molar-refractivity contribution in [1.29, 1.82) is 0 Å². The molecule has 3 fully saturated rings. The average Bonchev–Trinajstić information content (AvgIpc) is 3.37. The molecule has 0 radical (unpaired) electrons. The fraction of sp³-hybridized carbons (Fsp3) is 0.387. The minimum absolute atomic E-state index is 0.0639. The van der Waals surface area contributed by atoms with Gasteiger partial charge in [0.05, 0.1) is 18.9 Å². The number of fused-ring (bicyclic) bond motifs is 4. The van der Waals surface area contributed by atoms with Gasteiger partial charge in [0.1, 0.15) is 5.69 Å². The van der Waals surface area contributed by atoms with Gasteiger partial charge in [0.2, 0.25) is 17.6 Å². The zero-order valence-corrected chi connectivity index (χ0v) is 26.1. The van der Waals surface area contributed by atoms with E-state index in [2.05, 4.69) is 0 Å². The minimum atomic E-state index is -2.81. The number of phenols is 1. The monoisotopic (exact) mass is 716 g/mol. The predicted octanol–water partition coefficient (Wildman–Crippen LogP) is 4.52. The van der Waals surface area contributed by atoms with Crippen LogP contribution in [0.1, 0.15) is 37.2 Å². The van der Waals surface area contributed by atoms with E-state index in [0.29, 0.717) is 0 Å². The first-order valence-corrected chi connectivity index (χ1v) is 15.2. The highest BCUT2D eigenvalue weighted by Gasteiger charge is 2.77. The number of allylic oxidation sites excluding steroid dienone is 2. The highest BCUT2D eigenvalue weighted by atomic mass is 35.5. The molecule has 6 atom stereocenters. The van der Waals surface area contributed by atoms with E-state index in [1.165, 1.54) is 31.4 Å². The number of para-hydroxylation sites is 1. The third kappa shape index (κ3) is 4.32. The standard InChI is InChI=1S/C31H23Cl2F5N2O8/c1-48-15-5-2-4-13(25(15)43)18-11-7-8-12-17(27(45)39(26(12)44)9-3-6-16(41)42)14(11)10-30(32)28(46)40(29(47)31(18,30)33)24-22(37)20(35)19(34)21(36)23(24)38/h2,4-5,7,12,14,17-18,43H,3,6,8-10H2,1H3,(H,41,42). The number of carbonyl (C=O) groups excluding carboxylic acids is 4. The first-order valence-electron chi connectivity index (χ1n) is 14.5. The van der Waals surface area contributed by atoms with Crippen molar-refractivity contribution < 1.29 is 60.9 Å². The number of phenolic OH excluding ortho intramolecular Hbond substituents is 1. The number of nitrogens with zero attached hydrogens (tertiary/aromatic N) is 2. The van der Waals surface area contributed by atoms with Crippen molar-refractivity contribution in [2.24, 2.45) is 17.8 Å². The molecule has 2 aliphatic heterocycles. The lowest BCUT2D eigenvalue weighted by molar-refractivity contribution is -0.142. The van der Waals surface area contributed by atoms with E-state index in [1.807, 2.05) is 0 Å². The smallest absolute Gasteiger partial charge is 0.303 e. The maximum Gasteiger partial charge on any atom is 0.303 e. The molecule has 4 aliphatic rings. The van der Waals surface area contributed by atoms with Gasteiger partial charge in [-0.2, -0.15) is 0 Å². The molecular formula is C31H23Cl2F5N2O8. The number of ether oxygens (including phenoxy) is 1. The van der Waals surface area contributed by atoms with Gasteiger partial charge in [-0.15, -0.1) is 23.2 Å². The van der Waals surface area contributed by atoms with Gasteiger partial charge in [-0.1, -0.05) is 23.8 Å². The highest BCUT2D eigenvalue weighted by Crippen LogP contribution is 2.67. The summed E-state index contributed by atoms with van der Waals surface area (Å²) in [6, 6.07) is 3.98. The minimum Gasteiger partial charge on any atom is -0.504 e. The number of methoxy groups -OCH3 is 1. The fourth-order valence-electron chi connectivity index (χ4n) is 7.52. The molecule has 2 aliphatic carbocycles. The van der Waals surface area contributed by atoms with Crippen molar-refractivity contribution in [3.8, 4) is 11.5 Å². The van der Waals surface area contributed by atoms with Gasteiger partial charge in [-0.3, -0.25) is 28.9 Å². The molecule has 0 spiro atoms. The van der Waals surface area contributed by atoms with Crippen LogP contribution in [0.4, 0.5) is 27.6 Å². The Bertz CT molecular complexity index is 1850.